The Labute approximate surface area is 143 Å². The molecule has 24 heavy (non-hydrogen) atoms. The molecular weight excluding hydrogens is 296 g/mol. The average Bonchev–Trinajstić information content (AvgIpc) is 2.64. The van der Waals surface area contributed by atoms with Crippen LogP contribution in [-0.4, -0.2) is 18.5 Å². The molecule has 0 spiro atoms. The van der Waals surface area contributed by atoms with E-state index in [2.05, 4.69) is 6.58 Å². The summed E-state index contributed by atoms with van der Waals surface area (Å²) < 4.78 is 5.84. The maximum absolute atomic E-state index is 7.48. The molecule has 2 rings (SSSR count). The molecule has 0 saturated carbocycles. The summed E-state index contributed by atoms with van der Waals surface area (Å²) in [6, 6.07) is 7.98. The Morgan fingerprint density at radius 2 is 2.00 bits per heavy atom. The molecule has 0 aromatic heterocycles. The van der Waals surface area contributed by atoms with E-state index in [0.717, 1.165) is 33.9 Å². The van der Waals surface area contributed by atoms with Gasteiger partial charge in [-0.25, -0.2) is 4.99 Å². The van der Waals surface area contributed by atoms with Gasteiger partial charge in [0.15, 0.2) is 0 Å². The molecule has 1 aliphatic rings. The van der Waals surface area contributed by atoms with Gasteiger partial charge in [-0.15, -0.1) is 0 Å². The highest BCUT2D eigenvalue weighted by molar-refractivity contribution is 6.09. The molecule has 3 heteroatoms. The highest BCUT2D eigenvalue weighted by atomic mass is 16.5. The minimum atomic E-state index is 0.444. The van der Waals surface area contributed by atoms with Crippen molar-refractivity contribution in [1.82, 2.24) is 0 Å². The van der Waals surface area contributed by atoms with Crippen molar-refractivity contribution in [2.45, 2.75) is 13.8 Å². The molecule has 3 nitrogen and oxygen atoms in total. The Hall–Kier alpha value is -2.94. The first-order valence-electron chi connectivity index (χ1n) is 7.87. The van der Waals surface area contributed by atoms with Crippen molar-refractivity contribution in [3.8, 4) is 0 Å². The molecular formula is C21H22N2O. The van der Waals surface area contributed by atoms with E-state index in [1.165, 1.54) is 6.21 Å². The number of aliphatic imine (C=N–C) groups is 1. The summed E-state index contributed by atoms with van der Waals surface area (Å²) in [4.78, 5) is 4.71. The monoisotopic (exact) mass is 318 g/mol. The van der Waals surface area contributed by atoms with E-state index in [-0.39, 0.29) is 0 Å². The molecule has 1 aromatic carbocycles. The van der Waals surface area contributed by atoms with E-state index in [9.17, 15) is 0 Å². The zero-order valence-corrected chi connectivity index (χ0v) is 14.1. The number of ether oxygens (including phenoxy) is 1. The van der Waals surface area contributed by atoms with Crippen LogP contribution in [0.5, 0.6) is 0 Å². The number of nitrogens with one attached hydrogen (secondary N) is 1. The first-order chi connectivity index (χ1) is 11.7. The molecule has 122 valence electrons. The zero-order chi connectivity index (χ0) is 17.4. The van der Waals surface area contributed by atoms with Crippen LogP contribution in [0.3, 0.4) is 0 Å². The Morgan fingerprint density at radius 3 is 2.58 bits per heavy atom. The van der Waals surface area contributed by atoms with E-state index in [0.29, 0.717) is 6.61 Å². The van der Waals surface area contributed by atoms with Gasteiger partial charge in [0.1, 0.15) is 18.1 Å². The lowest BCUT2D eigenvalue weighted by Crippen LogP contribution is -2.16. The second-order valence-corrected chi connectivity index (χ2v) is 5.16. The summed E-state index contributed by atoms with van der Waals surface area (Å²) >= 11 is 0. The van der Waals surface area contributed by atoms with Gasteiger partial charge in [-0.05, 0) is 36.6 Å². The van der Waals surface area contributed by atoms with Crippen molar-refractivity contribution >= 4 is 17.5 Å². The highest BCUT2D eigenvalue weighted by Crippen LogP contribution is 2.22. The SMILES string of the molecule is C=C/C=C(\C=N)c1ccc(C2=NC(=C/C)/C(=C\C=C/C)OC2)cc1. The van der Waals surface area contributed by atoms with Gasteiger partial charge >= 0.3 is 0 Å². The molecule has 1 aliphatic heterocycles. The van der Waals surface area contributed by atoms with Gasteiger partial charge in [0, 0.05) is 6.21 Å². The van der Waals surface area contributed by atoms with E-state index >= 15 is 0 Å². The van der Waals surface area contributed by atoms with Crippen LogP contribution in [0.4, 0.5) is 0 Å². The summed E-state index contributed by atoms with van der Waals surface area (Å²) in [7, 11) is 0. The van der Waals surface area contributed by atoms with E-state index < -0.39 is 0 Å². The smallest absolute Gasteiger partial charge is 0.145 e. The third-order valence-electron chi connectivity index (χ3n) is 3.59. The van der Waals surface area contributed by atoms with Crippen LogP contribution < -0.4 is 0 Å². The van der Waals surface area contributed by atoms with Gasteiger partial charge in [0.25, 0.3) is 0 Å². The summed E-state index contributed by atoms with van der Waals surface area (Å²) in [6.07, 6.45) is 12.6. The van der Waals surface area contributed by atoms with Crippen LogP contribution in [0, 0.1) is 5.41 Å². The van der Waals surface area contributed by atoms with Crippen LogP contribution in [0.2, 0.25) is 0 Å². The quantitative estimate of drug-likeness (QED) is 0.596. The van der Waals surface area contributed by atoms with Gasteiger partial charge in [-0.1, -0.05) is 61.2 Å². The standard InChI is InChI=1S/C21H22N2O/c1-4-7-9-21-19(6-3)23-20(15-24-21)17-12-10-16(11-13-17)18(14-22)8-5-2/h4-14,22H,2,15H2,1,3H3/b7-4-,18-8+,19-6+,21-9+,22-14?. The van der Waals surface area contributed by atoms with Gasteiger partial charge in [-0.2, -0.15) is 0 Å². The molecule has 1 heterocycles. The predicted octanol–water partition coefficient (Wildman–Crippen LogP) is 5.09. The van der Waals surface area contributed by atoms with Crippen molar-refractivity contribution in [2.24, 2.45) is 4.99 Å². The summed E-state index contributed by atoms with van der Waals surface area (Å²) in [6.45, 7) is 8.04. The Balaban J connectivity index is 2.30. The molecule has 0 bridgehead atoms. The van der Waals surface area contributed by atoms with Crippen LogP contribution in [0.25, 0.3) is 5.57 Å². The molecule has 0 radical (unpaired) electrons. The topological polar surface area (TPSA) is 45.4 Å². The fourth-order valence-corrected chi connectivity index (χ4v) is 2.33. The fraction of sp³-hybridized carbons (Fsp3) is 0.143. The third-order valence-corrected chi connectivity index (χ3v) is 3.59. The summed E-state index contributed by atoms with van der Waals surface area (Å²) in [5, 5.41) is 7.48. The molecule has 1 N–H and O–H groups in total. The normalized spacial score (nSPS) is 18.6. The summed E-state index contributed by atoms with van der Waals surface area (Å²) in [5.41, 5.74) is 4.56. The van der Waals surface area contributed by atoms with Gasteiger partial charge in [0.2, 0.25) is 0 Å². The average molecular weight is 318 g/mol. The summed E-state index contributed by atoms with van der Waals surface area (Å²) in [5.74, 6) is 0.788. The van der Waals surface area contributed by atoms with Crippen LogP contribution in [-0.2, 0) is 4.74 Å². The number of benzene rings is 1. The van der Waals surface area contributed by atoms with Crippen molar-refractivity contribution in [3.05, 3.63) is 89.9 Å². The Morgan fingerprint density at radius 1 is 1.25 bits per heavy atom. The van der Waals surface area contributed by atoms with Crippen LogP contribution >= 0.6 is 0 Å². The van der Waals surface area contributed by atoms with Gasteiger partial charge in [0.05, 0.1) is 5.71 Å². The lowest BCUT2D eigenvalue weighted by Gasteiger charge is -2.19. The van der Waals surface area contributed by atoms with Gasteiger partial charge < -0.3 is 10.1 Å². The van der Waals surface area contributed by atoms with Crippen molar-refractivity contribution in [3.63, 3.8) is 0 Å². The van der Waals surface area contributed by atoms with Crippen LogP contribution in [0.15, 0.2) is 83.7 Å². The second kappa shape index (κ2) is 8.63. The van der Waals surface area contributed by atoms with E-state index in [4.69, 9.17) is 15.1 Å². The van der Waals surface area contributed by atoms with Crippen molar-refractivity contribution < 1.29 is 4.74 Å². The lowest BCUT2D eigenvalue weighted by molar-refractivity contribution is 0.260. The minimum Gasteiger partial charge on any atom is -0.485 e. The fourth-order valence-electron chi connectivity index (χ4n) is 2.33. The van der Waals surface area contributed by atoms with E-state index in [1.54, 1.807) is 6.08 Å². The predicted molar refractivity (Wildman–Crippen MR) is 103 cm³/mol. The van der Waals surface area contributed by atoms with E-state index in [1.807, 2.05) is 68.5 Å². The molecule has 0 aliphatic carbocycles. The number of nitrogens with zero attached hydrogens (tertiary/aromatic N) is 1. The molecule has 0 unspecified atom stereocenters. The Bertz CT molecular complexity index is 760. The number of hydrogen-bond donors (Lipinski definition) is 1. The molecule has 0 atom stereocenters. The van der Waals surface area contributed by atoms with Crippen molar-refractivity contribution in [2.75, 3.05) is 6.61 Å². The molecule has 0 amide bonds. The zero-order valence-electron chi connectivity index (χ0n) is 14.1. The number of allylic oxidation sites excluding steroid dienone is 7. The molecule has 0 fully saturated rings. The first-order valence-corrected chi connectivity index (χ1v) is 7.87. The third kappa shape index (κ3) is 4.07. The largest absolute Gasteiger partial charge is 0.485 e. The number of hydrogen-bond acceptors (Lipinski definition) is 3. The van der Waals surface area contributed by atoms with Crippen molar-refractivity contribution in [1.29, 1.82) is 5.41 Å². The molecule has 0 saturated heterocycles. The lowest BCUT2D eigenvalue weighted by atomic mass is 10.0. The Kier molecular flexibility index (Phi) is 6.26. The molecule has 1 aromatic rings. The highest BCUT2D eigenvalue weighted by Gasteiger charge is 2.16. The maximum atomic E-state index is 7.48. The maximum Gasteiger partial charge on any atom is 0.145 e. The number of rotatable bonds is 5. The van der Waals surface area contributed by atoms with Gasteiger partial charge in [-0.3, -0.25) is 0 Å². The van der Waals surface area contributed by atoms with Crippen LogP contribution in [0.1, 0.15) is 25.0 Å². The minimum absolute atomic E-state index is 0.444. The second-order valence-electron chi connectivity index (χ2n) is 5.16. The first kappa shape index (κ1) is 17.4.